The lowest BCUT2D eigenvalue weighted by molar-refractivity contribution is -0.129. The Morgan fingerprint density at radius 1 is 1.10 bits per heavy atom. The third-order valence-electron chi connectivity index (χ3n) is 5.78. The first-order valence-electron chi connectivity index (χ1n) is 12.2. The van der Waals surface area contributed by atoms with Crippen molar-refractivity contribution in [1.29, 1.82) is 0 Å². The lowest BCUT2D eigenvalue weighted by Crippen LogP contribution is -2.46. The molecular weight excluding hydrogens is 541 g/mol. The zero-order valence-electron chi connectivity index (χ0n) is 23.1. The second-order valence-corrected chi connectivity index (χ2v) is 9.18. The fraction of sp³-hybridized carbons (Fsp3) is 0.308. The summed E-state index contributed by atoms with van der Waals surface area (Å²) >= 11 is 0. The molecule has 0 bridgehead atoms. The Kier molecular flexibility index (Phi) is 8.07. The minimum Gasteiger partial charge on any atom is -0.493 e. The average molecular weight is 570 g/mol. The predicted molar refractivity (Wildman–Crippen MR) is 145 cm³/mol. The van der Waals surface area contributed by atoms with Gasteiger partial charge in [-0.05, 0) is 32.9 Å². The molecule has 0 spiro atoms. The van der Waals surface area contributed by atoms with Crippen molar-refractivity contribution in [1.82, 2.24) is 20.3 Å². The minimum atomic E-state index is -1.09. The Labute approximate surface area is 234 Å². The lowest BCUT2D eigenvalue weighted by Gasteiger charge is -2.30. The number of ketones is 1. The SMILES string of the molecule is COc1cc(N(C(=O)NCC(C)=O)c2ncc(F)c(Nc3ccc4c(n3)NC(=O)C(C)(C)O4)n2)cc(OC)c1OC. The van der Waals surface area contributed by atoms with Gasteiger partial charge in [0.25, 0.3) is 5.91 Å². The van der Waals surface area contributed by atoms with Gasteiger partial charge < -0.3 is 34.9 Å². The van der Waals surface area contributed by atoms with E-state index in [-0.39, 0.29) is 58.7 Å². The molecule has 1 aliphatic heterocycles. The molecule has 2 aromatic heterocycles. The highest BCUT2D eigenvalue weighted by atomic mass is 19.1. The number of urea groups is 1. The van der Waals surface area contributed by atoms with Crippen LogP contribution in [0, 0.1) is 5.82 Å². The van der Waals surface area contributed by atoms with E-state index in [1.54, 1.807) is 19.9 Å². The molecule has 3 aromatic rings. The maximum absolute atomic E-state index is 14.9. The van der Waals surface area contributed by atoms with E-state index in [1.165, 1.54) is 46.5 Å². The number of pyridine rings is 1. The largest absolute Gasteiger partial charge is 0.493 e. The van der Waals surface area contributed by atoms with Gasteiger partial charge in [-0.25, -0.2) is 24.1 Å². The molecule has 1 aromatic carbocycles. The fourth-order valence-electron chi connectivity index (χ4n) is 3.74. The number of ether oxygens (including phenoxy) is 4. The topological polar surface area (TPSA) is 166 Å². The number of amides is 3. The molecule has 0 aliphatic carbocycles. The minimum absolute atomic E-state index is 0.122. The van der Waals surface area contributed by atoms with Crippen LogP contribution in [0.5, 0.6) is 23.0 Å². The smallest absolute Gasteiger partial charge is 0.329 e. The van der Waals surface area contributed by atoms with Gasteiger partial charge >= 0.3 is 6.03 Å². The van der Waals surface area contributed by atoms with Gasteiger partial charge in [0.2, 0.25) is 11.7 Å². The van der Waals surface area contributed by atoms with Crippen molar-refractivity contribution in [3.05, 3.63) is 36.3 Å². The number of anilines is 5. The Balaban J connectivity index is 1.75. The van der Waals surface area contributed by atoms with Gasteiger partial charge in [0.15, 0.2) is 40.3 Å². The van der Waals surface area contributed by atoms with Crippen LogP contribution < -0.4 is 39.8 Å². The van der Waals surface area contributed by atoms with Gasteiger partial charge in [-0.1, -0.05) is 0 Å². The van der Waals surface area contributed by atoms with Crippen molar-refractivity contribution in [2.24, 2.45) is 0 Å². The lowest BCUT2D eigenvalue weighted by atomic mass is 10.1. The normalized spacial score (nSPS) is 13.2. The molecule has 41 heavy (non-hydrogen) atoms. The van der Waals surface area contributed by atoms with Gasteiger partial charge in [-0.3, -0.25) is 9.59 Å². The molecule has 15 heteroatoms. The van der Waals surface area contributed by atoms with Crippen LogP contribution in [-0.4, -0.2) is 66.1 Å². The molecule has 1 aliphatic rings. The van der Waals surface area contributed by atoms with Crippen molar-refractivity contribution in [2.75, 3.05) is 43.4 Å². The van der Waals surface area contributed by atoms with E-state index in [1.807, 2.05) is 0 Å². The van der Waals surface area contributed by atoms with Crippen molar-refractivity contribution in [3.63, 3.8) is 0 Å². The third kappa shape index (κ3) is 6.03. The van der Waals surface area contributed by atoms with E-state index >= 15 is 0 Å². The van der Waals surface area contributed by atoms with E-state index in [0.29, 0.717) is 5.75 Å². The van der Waals surface area contributed by atoms with Crippen LogP contribution in [0.3, 0.4) is 0 Å². The molecule has 0 unspecified atom stereocenters. The number of hydrogen-bond donors (Lipinski definition) is 3. The summed E-state index contributed by atoms with van der Waals surface area (Å²) in [6.07, 6.45) is 0.861. The quantitative estimate of drug-likeness (QED) is 0.346. The van der Waals surface area contributed by atoms with E-state index in [9.17, 15) is 18.8 Å². The summed E-state index contributed by atoms with van der Waals surface area (Å²) in [7, 11) is 4.22. The second-order valence-electron chi connectivity index (χ2n) is 9.18. The Morgan fingerprint density at radius 3 is 2.39 bits per heavy atom. The van der Waals surface area contributed by atoms with Crippen LogP contribution in [0.15, 0.2) is 30.5 Å². The molecule has 216 valence electrons. The maximum Gasteiger partial charge on any atom is 0.329 e. The zero-order chi connectivity index (χ0) is 29.9. The molecule has 0 saturated carbocycles. The molecule has 0 fully saturated rings. The number of rotatable bonds is 9. The van der Waals surface area contributed by atoms with E-state index in [0.717, 1.165) is 11.1 Å². The number of nitrogens with one attached hydrogen (secondary N) is 3. The van der Waals surface area contributed by atoms with Crippen LogP contribution in [0.1, 0.15) is 20.8 Å². The molecule has 0 radical (unpaired) electrons. The number of halogens is 1. The van der Waals surface area contributed by atoms with Crippen LogP contribution in [0.4, 0.5) is 38.3 Å². The summed E-state index contributed by atoms with van der Waals surface area (Å²) in [5, 5.41) is 7.85. The molecule has 0 atom stereocenters. The van der Waals surface area contributed by atoms with Crippen molar-refractivity contribution in [2.45, 2.75) is 26.4 Å². The summed E-state index contributed by atoms with van der Waals surface area (Å²) in [5.74, 6) is -0.858. The average Bonchev–Trinajstić information content (AvgIpc) is 2.93. The number of benzene rings is 1. The van der Waals surface area contributed by atoms with E-state index < -0.39 is 23.4 Å². The van der Waals surface area contributed by atoms with Gasteiger partial charge in [0.1, 0.15) is 11.6 Å². The second kappa shape index (κ2) is 11.5. The summed E-state index contributed by atoms with van der Waals surface area (Å²) < 4.78 is 36.7. The Hall–Kier alpha value is -5.21. The molecule has 3 amide bonds. The van der Waals surface area contributed by atoms with Gasteiger partial charge in [0.05, 0.1) is 39.8 Å². The maximum atomic E-state index is 14.9. The van der Waals surface area contributed by atoms with E-state index in [2.05, 4.69) is 30.9 Å². The molecule has 14 nitrogen and oxygen atoms in total. The summed E-state index contributed by atoms with van der Waals surface area (Å²) in [6, 6.07) is 5.20. The number of hydrogen-bond acceptors (Lipinski definition) is 11. The van der Waals surface area contributed by atoms with E-state index in [4.69, 9.17) is 18.9 Å². The molecular formula is C26H28FN7O7. The highest BCUT2D eigenvalue weighted by Gasteiger charge is 2.36. The number of nitrogens with zero attached hydrogens (tertiary/aromatic N) is 4. The highest BCUT2D eigenvalue weighted by Crippen LogP contribution is 2.42. The van der Waals surface area contributed by atoms with Gasteiger partial charge in [0, 0.05) is 12.1 Å². The Morgan fingerprint density at radius 2 is 1.78 bits per heavy atom. The molecule has 0 saturated heterocycles. The molecule has 3 heterocycles. The number of Topliss-reactive ketones (excluding diaryl/α,β-unsaturated/α-hetero) is 1. The fourth-order valence-corrected chi connectivity index (χ4v) is 3.74. The number of methoxy groups -OCH3 is 3. The summed E-state index contributed by atoms with van der Waals surface area (Å²) in [4.78, 5) is 50.6. The van der Waals surface area contributed by atoms with Crippen LogP contribution in [0.25, 0.3) is 0 Å². The van der Waals surface area contributed by atoms with Crippen molar-refractivity contribution in [3.8, 4) is 23.0 Å². The van der Waals surface area contributed by atoms with Crippen LogP contribution in [-0.2, 0) is 9.59 Å². The first-order chi connectivity index (χ1) is 19.5. The predicted octanol–water partition coefficient (Wildman–Crippen LogP) is 3.33. The zero-order valence-corrected chi connectivity index (χ0v) is 23.1. The third-order valence-corrected chi connectivity index (χ3v) is 5.78. The highest BCUT2D eigenvalue weighted by molar-refractivity contribution is 6.00. The number of carbonyl (C=O) groups is 3. The Bertz CT molecular complexity index is 1490. The molecule has 3 N–H and O–H groups in total. The number of fused-ring (bicyclic) bond motifs is 1. The standard InChI is InChI=1S/C26H28FN7O7/c1-13(35)11-29-25(37)34(14-9-17(38-4)20(40-6)18(10-14)39-5)24-28-12-15(27)21(33-24)30-19-8-7-16-22(31-19)32-23(36)26(2,3)41-16/h7-10,12H,11H2,1-6H3,(H,29,37)(H2,28,30,31,32,33,36). The van der Waals surface area contributed by atoms with Gasteiger partial charge in [-0.2, -0.15) is 4.98 Å². The van der Waals surface area contributed by atoms with Crippen LogP contribution >= 0.6 is 0 Å². The first kappa shape index (κ1) is 28.8. The summed E-state index contributed by atoms with van der Waals surface area (Å²) in [6.45, 7) is 4.25. The monoisotopic (exact) mass is 569 g/mol. The molecule has 4 rings (SSSR count). The first-order valence-corrected chi connectivity index (χ1v) is 12.2. The van der Waals surface area contributed by atoms with Crippen molar-refractivity contribution >= 4 is 46.8 Å². The van der Waals surface area contributed by atoms with Crippen LogP contribution in [0.2, 0.25) is 0 Å². The van der Waals surface area contributed by atoms with Crippen molar-refractivity contribution < 1.29 is 37.7 Å². The number of aromatic nitrogens is 3. The number of carbonyl (C=O) groups excluding carboxylic acids is 3. The van der Waals surface area contributed by atoms with Gasteiger partial charge in [-0.15, -0.1) is 0 Å². The summed E-state index contributed by atoms with van der Waals surface area (Å²) in [5.41, 5.74) is -0.927.